The van der Waals surface area contributed by atoms with Crippen LogP contribution in [-0.4, -0.2) is 63.4 Å². The number of aromatic nitrogens is 2. The van der Waals surface area contributed by atoms with E-state index < -0.39 is 11.9 Å². The maximum Gasteiger partial charge on any atom is 0.331 e. The summed E-state index contributed by atoms with van der Waals surface area (Å²) in [4.78, 5) is 74.1. The lowest BCUT2D eigenvalue weighted by Gasteiger charge is -2.18. The Balaban J connectivity index is 1.22. The molecule has 0 aliphatic heterocycles. The van der Waals surface area contributed by atoms with Gasteiger partial charge < -0.3 is 28.3 Å². The van der Waals surface area contributed by atoms with Crippen LogP contribution in [0.3, 0.4) is 0 Å². The van der Waals surface area contributed by atoms with E-state index in [1.807, 2.05) is 110 Å². The minimum Gasteiger partial charge on any atom is -0.466 e. The average molecular weight is 983 g/mol. The van der Waals surface area contributed by atoms with Gasteiger partial charge in [-0.15, -0.1) is 0 Å². The molecule has 0 saturated heterocycles. The van der Waals surface area contributed by atoms with Gasteiger partial charge in [0, 0.05) is 93.6 Å². The van der Waals surface area contributed by atoms with Crippen LogP contribution in [-0.2, 0) is 44.9 Å². The van der Waals surface area contributed by atoms with E-state index >= 15 is 4.79 Å². The highest BCUT2D eigenvalue weighted by atomic mass is 16.7. The van der Waals surface area contributed by atoms with Gasteiger partial charge in [0.05, 0.1) is 54.0 Å². The van der Waals surface area contributed by atoms with Crippen molar-refractivity contribution in [2.45, 2.75) is 106 Å². The normalized spacial score (nSPS) is 12.5. The summed E-state index contributed by atoms with van der Waals surface area (Å²) in [5, 5.41) is 13.9. The van der Waals surface area contributed by atoms with E-state index in [0.29, 0.717) is 52.6 Å². The monoisotopic (exact) mass is 982 g/mol. The topological polar surface area (TPSA) is 157 Å². The van der Waals surface area contributed by atoms with E-state index in [0.717, 1.165) is 92.3 Å². The largest absolute Gasteiger partial charge is 0.466 e. The van der Waals surface area contributed by atoms with Gasteiger partial charge in [-0.1, -0.05) is 105 Å². The molecule has 13 nitrogen and oxygen atoms in total. The minimum atomic E-state index is -0.575. The van der Waals surface area contributed by atoms with Crippen LogP contribution in [0.2, 0.25) is 0 Å². The van der Waals surface area contributed by atoms with E-state index in [4.69, 9.17) is 19.1 Å². The first-order valence-electron chi connectivity index (χ1n) is 25.4. The number of esters is 2. The Bertz CT molecular complexity index is 3430. The summed E-state index contributed by atoms with van der Waals surface area (Å²) in [5.41, 5.74) is 8.09. The lowest BCUT2D eigenvalue weighted by molar-refractivity contribution is -0.144. The molecule has 0 fully saturated rings. The van der Waals surface area contributed by atoms with Crippen molar-refractivity contribution in [1.82, 2.24) is 9.13 Å². The molecule has 8 rings (SSSR count). The van der Waals surface area contributed by atoms with Gasteiger partial charge in [-0.3, -0.25) is 14.4 Å². The molecule has 0 aliphatic rings. The highest BCUT2D eigenvalue weighted by Crippen LogP contribution is 2.39. The lowest BCUT2D eigenvalue weighted by Crippen LogP contribution is -2.11. The van der Waals surface area contributed by atoms with Gasteiger partial charge in [0.15, 0.2) is 5.78 Å². The molecule has 0 bridgehead atoms. The lowest BCUT2D eigenvalue weighted by atomic mass is 9.94. The predicted molar refractivity (Wildman–Crippen MR) is 287 cm³/mol. The number of carbonyl (C=O) groups excluding carboxylic acids is 5. The van der Waals surface area contributed by atoms with Crippen molar-refractivity contribution < 1.29 is 43.1 Å². The van der Waals surface area contributed by atoms with Crippen molar-refractivity contribution in [2.24, 2.45) is 16.2 Å². The fourth-order valence-corrected chi connectivity index (χ4v) is 9.73. The van der Waals surface area contributed by atoms with E-state index in [-0.39, 0.29) is 50.0 Å². The van der Waals surface area contributed by atoms with Crippen molar-refractivity contribution in [3.05, 3.63) is 138 Å². The number of benzene rings is 6. The van der Waals surface area contributed by atoms with E-state index in [1.165, 1.54) is 13.8 Å². The molecular weight excluding hydrogens is 921 g/mol. The zero-order valence-corrected chi connectivity index (χ0v) is 42.5. The van der Waals surface area contributed by atoms with E-state index in [2.05, 4.69) is 45.4 Å². The van der Waals surface area contributed by atoms with Gasteiger partial charge >= 0.3 is 23.9 Å². The van der Waals surface area contributed by atoms with Crippen LogP contribution in [0.15, 0.2) is 126 Å². The van der Waals surface area contributed by atoms with Crippen LogP contribution < -0.4 is 0 Å². The fourth-order valence-electron chi connectivity index (χ4n) is 9.73. The molecule has 2 aromatic heterocycles. The summed E-state index contributed by atoms with van der Waals surface area (Å²) in [6.07, 6.45) is 5.58. The zero-order valence-electron chi connectivity index (χ0n) is 42.5. The Morgan fingerprint density at radius 3 is 1.71 bits per heavy atom. The Morgan fingerprint density at radius 2 is 1.11 bits per heavy atom. The summed E-state index contributed by atoms with van der Waals surface area (Å²) in [6, 6.07) is 37.8. The molecule has 0 saturated carbocycles. The Kier molecular flexibility index (Phi) is 16.6. The zero-order chi connectivity index (χ0) is 51.6. The minimum absolute atomic E-state index is 0.0537. The highest BCUT2D eigenvalue weighted by Gasteiger charge is 2.24. The third-order valence-electron chi connectivity index (χ3n) is 13.3. The smallest absolute Gasteiger partial charge is 0.331 e. The molecule has 376 valence electrons. The van der Waals surface area contributed by atoms with Gasteiger partial charge in [0.1, 0.15) is 0 Å². The molecule has 0 N–H and O–H groups in total. The number of rotatable bonds is 22. The maximum absolute atomic E-state index is 15.1. The molecule has 1 atom stereocenters. The molecule has 0 spiro atoms. The molecule has 1 unspecified atom stereocenters. The number of fused-ring (bicyclic) bond motifs is 8. The Labute approximate surface area is 424 Å². The number of para-hydroxylation sites is 1. The van der Waals surface area contributed by atoms with Crippen molar-refractivity contribution in [1.29, 1.82) is 0 Å². The summed E-state index contributed by atoms with van der Waals surface area (Å²) in [5.74, 6) is -1.58. The van der Waals surface area contributed by atoms with Crippen LogP contribution in [0.4, 0.5) is 0 Å². The first-order valence-corrected chi connectivity index (χ1v) is 25.4. The van der Waals surface area contributed by atoms with Gasteiger partial charge in [-0.25, -0.2) is 9.59 Å². The molecule has 0 radical (unpaired) electrons. The quantitative estimate of drug-likeness (QED) is 0.0212. The van der Waals surface area contributed by atoms with Gasteiger partial charge in [-0.05, 0) is 91.7 Å². The Hall–Kier alpha value is -7.93. The van der Waals surface area contributed by atoms with Gasteiger partial charge in [0.2, 0.25) is 0 Å². The first-order chi connectivity index (χ1) is 35.4. The third-order valence-corrected chi connectivity index (χ3v) is 13.3. The van der Waals surface area contributed by atoms with Gasteiger partial charge in [-0.2, -0.15) is 0 Å². The molecule has 8 aromatic rings. The maximum atomic E-state index is 15.1. The van der Waals surface area contributed by atoms with Crippen LogP contribution in [0.25, 0.3) is 60.1 Å². The van der Waals surface area contributed by atoms with Crippen molar-refractivity contribution in [3.8, 4) is 5.69 Å². The molecule has 0 amide bonds. The van der Waals surface area contributed by atoms with Crippen molar-refractivity contribution in [2.75, 3.05) is 13.2 Å². The van der Waals surface area contributed by atoms with Crippen LogP contribution >= 0.6 is 0 Å². The number of ether oxygens (including phenoxy) is 2. The number of ketones is 1. The number of oxime groups is 2. The second kappa shape index (κ2) is 23.5. The van der Waals surface area contributed by atoms with E-state index in [9.17, 15) is 19.2 Å². The SMILES string of the molecule is CCCCC(CC)Cn1c2ccc(/C(CCC(=O)OCC)=N\OC(C)=O)cc2c2cc(C(=O)c3ccc(-n4c5ccccc5c5cc(/C(CCC(=O)OCCC)=N\OC(C)=O)ccc54)cc3)c3ccccc3c21. The second-order valence-electron chi connectivity index (χ2n) is 18.4. The van der Waals surface area contributed by atoms with Crippen LogP contribution in [0.1, 0.15) is 126 Å². The average Bonchev–Trinajstić information content (AvgIpc) is 3.90. The van der Waals surface area contributed by atoms with Gasteiger partial charge in [0.25, 0.3) is 0 Å². The molecule has 2 heterocycles. The first kappa shape index (κ1) is 51.4. The number of hydrogen-bond acceptors (Lipinski definition) is 11. The molecule has 6 aromatic carbocycles. The molecule has 0 aliphatic carbocycles. The van der Waals surface area contributed by atoms with Crippen LogP contribution in [0, 0.1) is 5.92 Å². The third kappa shape index (κ3) is 11.4. The molecule has 13 heteroatoms. The number of hydrogen-bond donors (Lipinski definition) is 0. The van der Waals surface area contributed by atoms with Crippen LogP contribution in [0.5, 0.6) is 0 Å². The summed E-state index contributed by atoms with van der Waals surface area (Å²) in [6.45, 7) is 12.1. The molecular formula is C60H62N4O9. The van der Waals surface area contributed by atoms with Crippen molar-refractivity contribution in [3.63, 3.8) is 0 Å². The van der Waals surface area contributed by atoms with Crippen molar-refractivity contribution >= 4 is 95.5 Å². The highest BCUT2D eigenvalue weighted by molar-refractivity contribution is 6.26. The predicted octanol–water partition coefficient (Wildman–Crippen LogP) is 13.1. The molecule has 73 heavy (non-hydrogen) atoms. The summed E-state index contributed by atoms with van der Waals surface area (Å²) < 4.78 is 15.1. The van der Waals surface area contributed by atoms with E-state index in [1.54, 1.807) is 6.92 Å². The summed E-state index contributed by atoms with van der Waals surface area (Å²) in [7, 11) is 0. The Morgan fingerprint density at radius 1 is 0.548 bits per heavy atom. The second-order valence-corrected chi connectivity index (χ2v) is 18.4. The fraction of sp³-hybridized carbons (Fsp3) is 0.317. The number of unbranched alkanes of at least 4 members (excludes halogenated alkanes) is 1. The summed E-state index contributed by atoms with van der Waals surface area (Å²) >= 11 is 0. The standard InChI is InChI=1S/C60H62N4O9/c1-7-11-16-40(9-3)37-63-54-29-23-42(52(61-72-38(5)65)27-31-57(67)70-10-4)35-49(54)50-36-51(45-17-12-13-19-47(45)59(50)63)60(69)41-21-25-44(26-22-41)64-55-20-15-14-18-46(55)48-34-43(24-30-56(48)64)53(62-73-39(6)66)28-32-58(68)71-33-8-2/h12-15,17-26,29-30,34-36,40H,7-11,16,27-28,31-33,37H2,1-6H3/b61-52-,62-53-. The number of nitrogens with zero attached hydrogens (tertiary/aromatic N) is 4. The number of carbonyl (C=O) groups is 5.